The second-order valence-corrected chi connectivity index (χ2v) is 5.59. The van der Waals surface area contributed by atoms with E-state index < -0.39 is 6.10 Å². The normalized spacial score (nSPS) is 21.4. The molecular weight excluding hydrogens is 287 g/mol. The number of imidazole rings is 1. The number of β-amino-alcohol motifs (C(OH)–C–C–N with tert-alkyl or cyclic N) is 1. The third kappa shape index (κ3) is 2.82. The first-order chi connectivity index (χ1) is 10.6. The average molecular weight is 306 g/mol. The summed E-state index contributed by atoms with van der Waals surface area (Å²) >= 11 is 0. The number of rotatable bonds is 4. The number of carbonyl (C=O) groups is 1. The molecule has 2 heterocycles. The van der Waals surface area contributed by atoms with E-state index in [2.05, 4.69) is 15.6 Å². The molecular formula is C15H19FN4O2. The Hall–Kier alpha value is -1.99. The van der Waals surface area contributed by atoms with Gasteiger partial charge in [-0.15, -0.1) is 0 Å². The summed E-state index contributed by atoms with van der Waals surface area (Å²) in [6, 6.07) is 4.52. The summed E-state index contributed by atoms with van der Waals surface area (Å²) < 4.78 is 15.5. The lowest BCUT2D eigenvalue weighted by Crippen LogP contribution is -2.41. The first kappa shape index (κ1) is 14.9. The zero-order valence-corrected chi connectivity index (χ0v) is 12.3. The Kier molecular flexibility index (Phi) is 4.08. The van der Waals surface area contributed by atoms with Gasteiger partial charge in [-0.25, -0.2) is 9.37 Å². The second kappa shape index (κ2) is 6.02. The van der Waals surface area contributed by atoms with Crippen molar-refractivity contribution in [1.82, 2.24) is 20.2 Å². The molecule has 0 aliphatic carbocycles. The monoisotopic (exact) mass is 306 g/mol. The molecule has 6 nitrogen and oxygen atoms in total. The van der Waals surface area contributed by atoms with E-state index in [4.69, 9.17) is 0 Å². The van der Waals surface area contributed by atoms with Crippen molar-refractivity contribution in [2.75, 3.05) is 13.1 Å². The predicted octanol–water partition coefficient (Wildman–Crippen LogP) is 0.0939. The van der Waals surface area contributed by atoms with Crippen molar-refractivity contribution >= 4 is 16.9 Å². The van der Waals surface area contributed by atoms with Crippen LogP contribution in [0.25, 0.3) is 11.0 Å². The Bertz CT molecular complexity index is 700. The van der Waals surface area contributed by atoms with Crippen LogP contribution in [0.2, 0.25) is 0 Å². The fourth-order valence-electron chi connectivity index (χ4n) is 2.79. The van der Waals surface area contributed by atoms with E-state index in [-0.39, 0.29) is 17.8 Å². The summed E-state index contributed by atoms with van der Waals surface area (Å²) in [7, 11) is 1.83. The molecule has 1 fully saturated rings. The molecule has 1 amide bonds. The smallest absolute Gasteiger partial charge is 0.237 e. The maximum absolute atomic E-state index is 13.7. The highest BCUT2D eigenvalue weighted by atomic mass is 19.1. The van der Waals surface area contributed by atoms with Crippen LogP contribution in [-0.2, 0) is 18.3 Å². The van der Waals surface area contributed by atoms with Crippen molar-refractivity contribution < 1.29 is 14.3 Å². The molecule has 1 saturated heterocycles. The van der Waals surface area contributed by atoms with Crippen LogP contribution in [0.15, 0.2) is 18.2 Å². The molecule has 1 aliphatic heterocycles. The van der Waals surface area contributed by atoms with Crippen LogP contribution < -0.4 is 10.6 Å². The van der Waals surface area contributed by atoms with Gasteiger partial charge in [0.15, 0.2) is 5.82 Å². The molecule has 0 bridgehead atoms. The van der Waals surface area contributed by atoms with E-state index in [9.17, 15) is 14.3 Å². The largest absolute Gasteiger partial charge is 0.392 e. The van der Waals surface area contributed by atoms with Gasteiger partial charge >= 0.3 is 0 Å². The number of carbonyl (C=O) groups excluding carboxylic acids is 1. The highest BCUT2D eigenvalue weighted by Gasteiger charge is 2.27. The van der Waals surface area contributed by atoms with Crippen molar-refractivity contribution in [1.29, 1.82) is 0 Å². The summed E-state index contributed by atoms with van der Waals surface area (Å²) in [6.07, 6.45) is 0.494. The van der Waals surface area contributed by atoms with Crippen LogP contribution in [0.4, 0.5) is 4.39 Å². The molecule has 2 aromatic rings. The van der Waals surface area contributed by atoms with Crippen LogP contribution in [0.1, 0.15) is 12.2 Å². The van der Waals surface area contributed by atoms with Crippen molar-refractivity contribution in [2.24, 2.45) is 7.05 Å². The zero-order chi connectivity index (χ0) is 15.7. The van der Waals surface area contributed by atoms with Gasteiger partial charge in [-0.05, 0) is 18.6 Å². The van der Waals surface area contributed by atoms with Gasteiger partial charge in [0, 0.05) is 26.6 Å². The van der Waals surface area contributed by atoms with Crippen LogP contribution in [0.5, 0.6) is 0 Å². The molecule has 0 spiro atoms. The third-order valence-corrected chi connectivity index (χ3v) is 4.03. The lowest BCUT2D eigenvalue weighted by molar-refractivity contribution is -0.122. The molecule has 2 atom stereocenters. The Morgan fingerprint density at radius 3 is 3.09 bits per heavy atom. The number of amides is 1. The highest BCUT2D eigenvalue weighted by Crippen LogP contribution is 2.18. The Morgan fingerprint density at radius 2 is 2.41 bits per heavy atom. The fraction of sp³-hybridized carbons (Fsp3) is 0.467. The first-order valence-corrected chi connectivity index (χ1v) is 7.35. The predicted molar refractivity (Wildman–Crippen MR) is 79.8 cm³/mol. The number of hydrogen-bond donors (Lipinski definition) is 3. The summed E-state index contributed by atoms with van der Waals surface area (Å²) in [5.74, 6) is 0.258. The lowest BCUT2D eigenvalue weighted by atomic mass is 10.2. The quantitative estimate of drug-likeness (QED) is 0.748. The van der Waals surface area contributed by atoms with Gasteiger partial charge in [0.1, 0.15) is 11.3 Å². The van der Waals surface area contributed by atoms with Gasteiger partial charge in [-0.2, -0.15) is 0 Å². The Balaban J connectivity index is 1.61. The number of aliphatic hydroxyl groups excluding tert-OH is 1. The fourth-order valence-corrected chi connectivity index (χ4v) is 2.79. The van der Waals surface area contributed by atoms with Crippen molar-refractivity contribution in [3.8, 4) is 0 Å². The molecule has 1 aromatic heterocycles. The van der Waals surface area contributed by atoms with Crippen molar-refractivity contribution in [3.63, 3.8) is 0 Å². The molecule has 0 saturated carbocycles. The SMILES string of the molecule is Cn1c(CCNC(=O)[C@H]2C[C@@H](O)CN2)nc2c(F)cccc21. The van der Waals surface area contributed by atoms with Gasteiger partial charge in [-0.1, -0.05) is 6.07 Å². The van der Waals surface area contributed by atoms with Gasteiger partial charge < -0.3 is 20.3 Å². The van der Waals surface area contributed by atoms with Crippen LogP contribution >= 0.6 is 0 Å². The molecule has 7 heteroatoms. The molecule has 3 N–H and O–H groups in total. The minimum atomic E-state index is -0.460. The van der Waals surface area contributed by atoms with Gasteiger partial charge in [-0.3, -0.25) is 4.79 Å². The molecule has 22 heavy (non-hydrogen) atoms. The summed E-state index contributed by atoms with van der Waals surface area (Å²) in [4.78, 5) is 16.2. The maximum atomic E-state index is 13.7. The molecule has 3 rings (SSSR count). The van der Waals surface area contributed by atoms with E-state index in [1.807, 2.05) is 17.7 Å². The number of benzene rings is 1. The Morgan fingerprint density at radius 1 is 1.59 bits per heavy atom. The number of fused-ring (bicyclic) bond motifs is 1. The maximum Gasteiger partial charge on any atom is 0.237 e. The second-order valence-electron chi connectivity index (χ2n) is 5.59. The van der Waals surface area contributed by atoms with E-state index in [0.29, 0.717) is 31.4 Å². The number of hydrogen-bond acceptors (Lipinski definition) is 4. The van der Waals surface area contributed by atoms with Crippen LogP contribution in [0.3, 0.4) is 0 Å². The van der Waals surface area contributed by atoms with Crippen molar-refractivity contribution in [2.45, 2.75) is 25.0 Å². The van der Waals surface area contributed by atoms with Crippen molar-refractivity contribution in [3.05, 3.63) is 29.8 Å². The van der Waals surface area contributed by atoms with Crippen LogP contribution in [-0.4, -0.2) is 45.8 Å². The Labute approximate surface area is 127 Å². The topological polar surface area (TPSA) is 79.2 Å². The number of aromatic nitrogens is 2. The lowest BCUT2D eigenvalue weighted by Gasteiger charge is -2.10. The molecule has 1 aliphatic rings. The molecule has 118 valence electrons. The zero-order valence-electron chi connectivity index (χ0n) is 12.3. The number of aliphatic hydroxyl groups is 1. The number of para-hydroxylation sites is 1. The van der Waals surface area contributed by atoms with Gasteiger partial charge in [0.25, 0.3) is 0 Å². The molecule has 1 aromatic carbocycles. The number of halogens is 1. The highest BCUT2D eigenvalue weighted by molar-refractivity contribution is 5.82. The van der Waals surface area contributed by atoms with Gasteiger partial charge in [0.05, 0.1) is 17.7 Å². The summed E-state index contributed by atoms with van der Waals surface area (Å²) in [6.45, 7) is 0.869. The minimum Gasteiger partial charge on any atom is -0.392 e. The molecule has 0 unspecified atom stereocenters. The van der Waals surface area contributed by atoms with Gasteiger partial charge in [0.2, 0.25) is 5.91 Å². The van der Waals surface area contributed by atoms with Crippen LogP contribution in [0, 0.1) is 5.82 Å². The number of nitrogens with one attached hydrogen (secondary N) is 2. The van der Waals surface area contributed by atoms with E-state index >= 15 is 0 Å². The summed E-state index contributed by atoms with van der Waals surface area (Å²) in [5.41, 5.74) is 1.09. The van der Waals surface area contributed by atoms with E-state index in [1.165, 1.54) is 6.07 Å². The molecule has 0 radical (unpaired) electrons. The van der Waals surface area contributed by atoms with E-state index in [1.54, 1.807) is 6.07 Å². The summed E-state index contributed by atoms with van der Waals surface area (Å²) in [5, 5.41) is 15.2. The minimum absolute atomic E-state index is 0.124. The average Bonchev–Trinajstić information content (AvgIpc) is 3.06. The third-order valence-electron chi connectivity index (χ3n) is 4.03. The van der Waals surface area contributed by atoms with E-state index in [0.717, 1.165) is 11.3 Å². The number of nitrogens with zero attached hydrogens (tertiary/aromatic N) is 2. The standard InChI is InChI=1S/C15H19FN4O2/c1-20-12-4-2-3-10(16)14(12)19-13(20)5-6-17-15(22)11-7-9(21)8-18-11/h2-4,9,11,18,21H,5-8H2,1H3,(H,17,22)/t9-,11-/m1/s1. The number of aryl methyl sites for hydroxylation is 1. The first-order valence-electron chi connectivity index (χ1n) is 7.35.